The lowest BCUT2D eigenvalue weighted by Crippen LogP contribution is -2.35. The third kappa shape index (κ3) is 7.99. The molecule has 0 N–H and O–H groups in total. The van der Waals surface area contributed by atoms with Gasteiger partial charge in [-0.05, 0) is 70.2 Å². The smallest absolute Gasteiger partial charge is 0.0688 e. The zero-order valence-corrected chi connectivity index (χ0v) is 27.7. The van der Waals surface area contributed by atoms with Crippen LogP contribution in [0.15, 0.2) is 170 Å². The molecule has 6 rings (SSSR count). The van der Waals surface area contributed by atoms with E-state index in [0.717, 1.165) is 25.7 Å². The third-order valence-corrected chi connectivity index (χ3v) is 9.58. The van der Waals surface area contributed by atoms with Crippen molar-refractivity contribution in [2.24, 2.45) is 0 Å². The largest absolute Gasteiger partial charge is 0.373 e. The van der Waals surface area contributed by atoms with Gasteiger partial charge in [-0.1, -0.05) is 184 Å². The Kier molecular flexibility index (Phi) is 11.1. The Hall–Kier alpha value is -4.72. The summed E-state index contributed by atoms with van der Waals surface area (Å²) in [6.07, 6.45) is 3.64. The Labute approximate surface area is 281 Å². The summed E-state index contributed by atoms with van der Waals surface area (Å²) in [5, 5.41) is 0. The second kappa shape index (κ2) is 16.2. The molecule has 1 nitrogen and oxygen atoms in total. The van der Waals surface area contributed by atoms with Crippen LogP contribution in [-0.2, 0) is 17.6 Å². The predicted octanol–water partition coefficient (Wildman–Crippen LogP) is 11.9. The molecule has 0 aromatic heterocycles. The molecule has 0 fully saturated rings. The molecule has 236 valence electrons. The fourth-order valence-corrected chi connectivity index (χ4v) is 7.26. The first-order valence-electron chi connectivity index (χ1n) is 17.3. The van der Waals surface area contributed by atoms with Crippen molar-refractivity contribution in [3.05, 3.63) is 192 Å². The van der Waals surface area contributed by atoms with Crippen molar-refractivity contribution in [3.63, 3.8) is 0 Å². The second-order valence-corrected chi connectivity index (χ2v) is 12.5. The average molecular weight is 615 g/mol. The second-order valence-electron chi connectivity index (χ2n) is 12.5. The average Bonchev–Trinajstić information content (AvgIpc) is 3.14. The summed E-state index contributed by atoms with van der Waals surface area (Å²) in [6, 6.07) is 61.4. The summed E-state index contributed by atoms with van der Waals surface area (Å²) in [7, 11) is 0. The maximum absolute atomic E-state index is 7.66. The highest BCUT2D eigenvalue weighted by atomic mass is 16.5. The zero-order valence-electron chi connectivity index (χ0n) is 27.7. The summed E-state index contributed by atoms with van der Waals surface area (Å²) in [6.45, 7) is 4.64. The van der Waals surface area contributed by atoms with Gasteiger partial charge in [0.15, 0.2) is 0 Å². The predicted molar refractivity (Wildman–Crippen MR) is 199 cm³/mol. The number of rotatable bonds is 14. The van der Waals surface area contributed by atoms with E-state index in [9.17, 15) is 0 Å². The van der Waals surface area contributed by atoms with Gasteiger partial charge in [-0.3, -0.25) is 0 Å². The topological polar surface area (TPSA) is 9.23 Å². The van der Waals surface area contributed by atoms with Crippen LogP contribution in [0.25, 0.3) is 22.3 Å². The number of ether oxygens (including phenoxy) is 1. The first-order valence-corrected chi connectivity index (χ1v) is 17.3. The monoisotopic (exact) mass is 614 g/mol. The van der Waals surface area contributed by atoms with Crippen molar-refractivity contribution in [1.29, 1.82) is 0 Å². The van der Waals surface area contributed by atoms with Crippen molar-refractivity contribution in [3.8, 4) is 22.3 Å². The van der Waals surface area contributed by atoms with E-state index in [0.29, 0.717) is 0 Å². The quantitative estimate of drug-likeness (QED) is 0.119. The van der Waals surface area contributed by atoms with Crippen molar-refractivity contribution in [2.45, 2.75) is 63.6 Å². The van der Waals surface area contributed by atoms with Gasteiger partial charge >= 0.3 is 0 Å². The molecule has 0 aliphatic rings. The van der Waals surface area contributed by atoms with Gasteiger partial charge in [-0.2, -0.15) is 0 Å². The highest BCUT2D eigenvalue weighted by Crippen LogP contribution is 2.40. The highest BCUT2D eigenvalue weighted by Gasteiger charge is 2.32. The van der Waals surface area contributed by atoms with E-state index in [1.165, 1.54) is 44.5 Å². The Morgan fingerprint density at radius 1 is 0.383 bits per heavy atom. The van der Waals surface area contributed by atoms with E-state index in [1.54, 1.807) is 0 Å². The zero-order chi connectivity index (χ0) is 32.3. The summed E-state index contributed by atoms with van der Waals surface area (Å²) < 4.78 is 7.66. The highest BCUT2D eigenvalue weighted by molar-refractivity contribution is 5.69. The van der Waals surface area contributed by atoms with E-state index in [4.69, 9.17) is 4.74 Å². The van der Waals surface area contributed by atoms with Gasteiger partial charge < -0.3 is 4.74 Å². The number of hydrogen-bond donors (Lipinski definition) is 0. The van der Waals surface area contributed by atoms with Crippen molar-refractivity contribution >= 4 is 0 Å². The molecule has 6 aromatic rings. The fraction of sp³-hybridized carbons (Fsp3) is 0.217. The SMILES string of the molecule is CCC(c1ccccc1-c1ccccc1)C(Cc1ccccc1)OC(Cc1ccccc1)C(CC)c1ccccc1-c1ccccc1. The van der Waals surface area contributed by atoms with E-state index in [1.807, 2.05) is 0 Å². The van der Waals surface area contributed by atoms with Crippen LogP contribution < -0.4 is 0 Å². The van der Waals surface area contributed by atoms with Crippen LogP contribution in [0, 0.1) is 0 Å². The van der Waals surface area contributed by atoms with Gasteiger partial charge in [-0.25, -0.2) is 0 Å². The van der Waals surface area contributed by atoms with E-state index >= 15 is 0 Å². The minimum atomic E-state index is -0.0149. The molecule has 4 atom stereocenters. The Balaban J connectivity index is 1.45. The van der Waals surface area contributed by atoms with Gasteiger partial charge in [0.1, 0.15) is 0 Å². The maximum atomic E-state index is 7.66. The Morgan fingerprint density at radius 3 is 1.06 bits per heavy atom. The van der Waals surface area contributed by atoms with Crippen LogP contribution in [0.3, 0.4) is 0 Å². The standard InChI is InChI=1S/C46H46O/c1-3-39(43-31-19-17-29-41(43)37-25-13-7-14-26-37)45(33-35-21-9-5-10-22-35)47-46(34-36-23-11-6-12-24-36)40(4-2)44-32-20-18-30-42(44)38-27-15-8-16-28-38/h5-32,39-40,45-46H,3-4,33-34H2,1-2H3. The summed E-state index contributed by atoms with van der Waals surface area (Å²) in [4.78, 5) is 0. The van der Waals surface area contributed by atoms with Crippen LogP contribution >= 0.6 is 0 Å². The van der Waals surface area contributed by atoms with Gasteiger partial charge in [0, 0.05) is 11.8 Å². The number of hydrogen-bond acceptors (Lipinski definition) is 1. The van der Waals surface area contributed by atoms with Crippen LogP contribution in [0.2, 0.25) is 0 Å². The van der Waals surface area contributed by atoms with Crippen molar-refractivity contribution in [2.75, 3.05) is 0 Å². The first-order chi connectivity index (χ1) is 23.2. The van der Waals surface area contributed by atoms with Crippen molar-refractivity contribution in [1.82, 2.24) is 0 Å². The van der Waals surface area contributed by atoms with Gasteiger partial charge in [0.05, 0.1) is 12.2 Å². The molecule has 0 heterocycles. The molecule has 0 saturated heterocycles. The lowest BCUT2D eigenvalue weighted by Gasteiger charge is -2.36. The van der Waals surface area contributed by atoms with Crippen LogP contribution in [-0.4, -0.2) is 12.2 Å². The lowest BCUT2D eigenvalue weighted by molar-refractivity contribution is -0.0399. The molecule has 0 aliphatic heterocycles. The third-order valence-electron chi connectivity index (χ3n) is 9.58. The molecule has 4 unspecified atom stereocenters. The van der Waals surface area contributed by atoms with E-state index in [2.05, 4.69) is 184 Å². The van der Waals surface area contributed by atoms with Crippen LogP contribution in [0.1, 0.15) is 60.8 Å². The van der Waals surface area contributed by atoms with Crippen molar-refractivity contribution < 1.29 is 4.74 Å². The molecule has 0 amide bonds. The maximum Gasteiger partial charge on any atom is 0.0688 e. The fourth-order valence-electron chi connectivity index (χ4n) is 7.26. The molecule has 47 heavy (non-hydrogen) atoms. The molecule has 1 heteroatoms. The Bertz CT molecular complexity index is 1650. The minimum Gasteiger partial charge on any atom is -0.373 e. The van der Waals surface area contributed by atoms with Crippen LogP contribution in [0.4, 0.5) is 0 Å². The molecular formula is C46H46O. The van der Waals surface area contributed by atoms with Gasteiger partial charge in [-0.15, -0.1) is 0 Å². The van der Waals surface area contributed by atoms with E-state index < -0.39 is 0 Å². The van der Waals surface area contributed by atoms with Crippen LogP contribution in [0.5, 0.6) is 0 Å². The minimum absolute atomic E-state index is 0.0149. The van der Waals surface area contributed by atoms with Gasteiger partial charge in [0.2, 0.25) is 0 Å². The van der Waals surface area contributed by atoms with E-state index in [-0.39, 0.29) is 24.0 Å². The first kappa shape index (κ1) is 32.2. The molecule has 0 aliphatic carbocycles. The Morgan fingerprint density at radius 2 is 0.702 bits per heavy atom. The molecule has 0 saturated carbocycles. The molecular weight excluding hydrogens is 569 g/mol. The molecule has 6 aromatic carbocycles. The molecule has 0 spiro atoms. The summed E-state index contributed by atoms with van der Waals surface area (Å²) in [5.74, 6) is 0.429. The normalized spacial score (nSPS) is 13.8. The summed E-state index contributed by atoms with van der Waals surface area (Å²) in [5.41, 5.74) is 10.4. The molecule has 0 bridgehead atoms. The lowest BCUT2D eigenvalue weighted by atomic mass is 9.81. The molecule has 0 radical (unpaired) electrons. The number of benzene rings is 6. The van der Waals surface area contributed by atoms with Gasteiger partial charge in [0.25, 0.3) is 0 Å². The summed E-state index contributed by atoms with van der Waals surface area (Å²) >= 11 is 0.